The molecule has 0 radical (unpaired) electrons. The Hall–Kier alpha value is -2.77. The van der Waals surface area contributed by atoms with E-state index in [4.69, 9.17) is 14.6 Å². The molecule has 1 saturated heterocycles. The SMILES string of the molecule is COc1c([C@H]2[C@H](C(=O)Nc3cc(C[C@@H](O)CO)n(C)n3)O[C@@](C)(C(F)(F)F)[C@H]2C)ccc(F)c1F. The first kappa shape index (κ1) is 26.8. The van der Waals surface area contributed by atoms with E-state index in [1.165, 1.54) is 24.7 Å². The Labute approximate surface area is 197 Å². The van der Waals surface area contributed by atoms with Crippen LogP contribution in [0.25, 0.3) is 0 Å². The van der Waals surface area contributed by atoms with Gasteiger partial charge in [0.25, 0.3) is 5.91 Å². The van der Waals surface area contributed by atoms with Crippen molar-refractivity contribution >= 4 is 11.7 Å². The summed E-state index contributed by atoms with van der Waals surface area (Å²) < 4.78 is 81.8. The molecule has 1 aromatic carbocycles. The van der Waals surface area contributed by atoms with E-state index in [2.05, 4.69) is 10.4 Å². The molecule has 194 valence electrons. The predicted octanol–water partition coefficient (Wildman–Crippen LogP) is 2.68. The molecule has 35 heavy (non-hydrogen) atoms. The number of carbonyl (C=O) groups is 1. The summed E-state index contributed by atoms with van der Waals surface area (Å²) in [5, 5.41) is 25.1. The minimum Gasteiger partial charge on any atom is -0.493 e. The molecule has 8 nitrogen and oxygen atoms in total. The standard InChI is InChI=1S/C22H26F5N3O5/c1-10-16(13-5-6-14(23)17(24)18(13)34-4)19(35-21(10,2)22(25,26)27)20(33)28-15-8-11(30(3)29-15)7-12(32)9-31/h5-6,8,10,12,16,19,31-32H,7,9H2,1-4H3,(H,28,29,33)/t10-,12+,16-,19+,21+/m0/s1. The number of nitrogens with one attached hydrogen (secondary N) is 1. The van der Waals surface area contributed by atoms with Crippen molar-refractivity contribution in [3.8, 4) is 5.75 Å². The number of aliphatic hydroxyl groups is 2. The van der Waals surface area contributed by atoms with Gasteiger partial charge in [-0.05, 0) is 13.0 Å². The average molecular weight is 507 g/mol. The number of ether oxygens (including phenoxy) is 2. The molecule has 0 aliphatic carbocycles. The molecular weight excluding hydrogens is 481 g/mol. The van der Waals surface area contributed by atoms with Crippen LogP contribution in [0.2, 0.25) is 0 Å². The Morgan fingerprint density at radius 3 is 2.60 bits per heavy atom. The number of hydrogen-bond donors (Lipinski definition) is 3. The van der Waals surface area contributed by atoms with Gasteiger partial charge in [0, 0.05) is 42.6 Å². The normalized spacial score (nSPS) is 25.5. The third-order valence-electron chi connectivity index (χ3n) is 6.45. The Balaban J connectivity index is 2.01. The molecule has 0 bridgehead atoms. The molecule has 3 rings (SSSR count). The minimum atomic E-state index is -4.88. The van der Waals surface area contributed by atoms with Gasteiger partial charge in [0.1, 0.15) is 6.10 Å². The maximum atomic E-state index is 14.4. The fourth-order valence-corrected chi connectivity index (χ4v) is 4.30. The number of rotatable bonds is 7. The summed E-state index contributed by atoms with van der Waals surface area (Å²) in [5.41, 5.74) is -2.50. The molecular formula is C22H26F5N3O5. The molecule has 1 aliphatic heterocycles. The lowest BCUT2D eigenvalue weighted by Gasteiger charge is -2.32. The molecule has 0 saturated carbocycles. The van der Waals surface area contributed by atoms with Crippen LogP contribution >= 0.6 is 0 Å². The number of hydrogen-bond acceptors (Lipinski definition) is 6. The number of carbonyl (C=O) groups excluding carboxylic acids is 1. The lowest BCUT2D eigenvalue weighted by molar-refractivity contribution is -0.272. The van der Waals surface area contributed by atoms with Crippen LogP contribution in [0.1, 0.15) is 31.0 Å². The number of benzene rings is 1. The highest BCUT2D eigenvalue weighted by atomic mass is 19.4. The monoisotopic (exact) mass is 507 g/mol. The van der Waals surface area contributed by atoms with Crippen molar-refractivity contribution < 1.29 is 46.4 Å². The maximum absolute atomic E-state index is 14.4. The number of aliphatic hydroxyl groups excluding tert-OH is 2. The van der Waals surface area contributed by atoms with Gasteiger partial charge < -0.3 is 25.0 Å². The zero-order valence-electron chi connectivity index (χ0n) is 19.4. The van der Waals surface area contributed by atoms with E-state index in [0.717, 1.165) is 26.2 Å². The highest BCUT2D eigenvalue weighted by Crippen LogP contribution is 2.55. The van der Waals surface area contributed by atoms with Crippen LogP contribution < -0.4 is 10.1 Å². The molecule has 2 heterocycles. The first-order chi connectivity index (χ1) is 16.2. The zero-order valence-corrected chi connectivity index (χ0v) is 19.4. The summed E-state index contributed by atoms with van der Waals surface area (Å²) in [4.78, 5) is 13.2. The highest BCUT2D eigenvalue weighted by Gasteiger charge is 2.66. The van der Waals surface area contributed by atoms with Crippen molar-refractivity contribution in [1.82, 2.24) is 9.78 Å². The van der Waals surface area contributed by atoms with Crippen molar-refractivity contribution in [3.63, 3.8) is 0 Å². The van der Waals surface area contributed by atoms with Gasteiger partial charge in [-0.1, -0.05) is 13.0 Å². The van der Waals surface area contributed by atoms with Crippen molar-refractivity contribution in [2.75, 3.05) is 19.0 Å². The molecule has 3 N–H and O–H groups in total. The van der Waals surface area contributed by atoms with Crippen LogP contribution in [0.3, 0.4) is 0 Å². The zero-order chi connectivity index (χ0) is 26.3. The second kappa shape index (κ2) is 9.70. The summed E-state index contributed by atoms with van der Waals surface area (Å²) >= 11 is 0. The summed E-state index contributed by atoms with van der Waals surface area (Å²) in [6.45, 7) is 1.50. The van der Waals surface area contributed by atoms with Crippen LogP contribution in [-0.2, 0) is 23.0 Å². The van der Waals surface area contributed by atoms with Gasteiger partial charge in [0.2, 0.25) is 5.82 Å². The molecule has 13 heteroatoms. The van der Waals surface area contributed by atoms with Crippen LogP contribution in [-0.4, -0.2) is 63.6 Å². The number of methoxy groups -OCH3 is 1. The van der Waals surface area contributed by atoms with Gasteiger partial charge >= 0.3 is 6.18 Å². The number of aryl methyl sites for hydroxylation is 1. The van der Waals surface area contributed by atoms with Crippen LogP contribution in [0.15, 0.2) is 18.2 Å². The van der Waals surface area contributed by atoms with Crippen molar-refractivity contribution in [3.05, 3.63) is 41.1 Å². The average Bonchev–Trinajstić information content (AvgIpc) is 3.26. The van der Waals surface area contributed by atoms with Gasteiger partial charge in [0.15, 0.2) is 23.0 Å². The fraction of sp³-hybridized carbons (Fsp3) is 0.545. The molecule has 2 aromatic rings. The first-order valence-corrected chi connectivity index (χ1v) is 10.6. The highest BCUT2D eigenvalue weighted by molar-refractivity contribution is 5.94. The summed E-state index contributed by atoms with van der Waals surface area (Å²) in [6, 6.07) is 3.19. The maximum Gasteiger partial charge on any atom is 0.417 e. The second-order valence-electron chi connectivity index (χ2n) is 8.62. The smallest absolute Gasteiger partial charge is 0.417 e. The van der Waals surface area contributed by atoms with E-state index in [1.54, 1.807) is 0 Å². The Bertz CT molecular complexity index is 1090. The molecule has 0 spiro atoms. The summed E-state index contributed by atoms with van der Waals surface area (Å²) in [6.07, 6.45) is -7.72. The van der Waals surface area contributed by atoms with E-state index in [-0.39, 0.29) is 17.8 Å². The molecule has 1 amide bonds. The van der Waals surface area contributed by atoms with E-state index < -0.39 is 65.7 Å². The van der Waals surface area contributed by atoms with Crippen molar-refractivity contribution in [1.29, 1.82) is 0 Å². The van der Waals surface area contributed by atoms with Gasteiger partial charge in [0.05, 0.1) is 19.8 Å². The predicted molar refractivity (Wildman–Crippen MR) is 113 cm³/mol. The van der Waals surface area contributed by atoms with Crippen molar-refractivity contribution in [2.45, 2.75) is 50.2 Å². The molecule has 5 atom stereocenters. The molecule has 1 aliphatic rings. The topological polar surface area (TPSA) is 106 Å². The van der Waals surface area contributed by atoms with Crippen molar-refractivity contribution in [2.24, 2.45) is 13.0 Å². The Kier molecular flexibility index (Phi) is 7.44. The lowest BCUT2D eigenvalue weighted by Crippen LogP contribution is -2.47. The van der Waals surface area contributed by atoms with E-state index in [1.807, 2.05) is 0 Å². The third kappa shape index (κ3) is 4.84. The van der Waals surface area contributed by atoms with Crippen LogP contribution in [0, 0.1) is 17.6 Å². The molecule has 0 unspecified atom stereocenters. The largest absolute Gasteiger partial charge is 0.493 e. The molecule has 1 fully saturated rings. The number of alkyl halides is 3. The summed E-state index contributed by atoms with van der Waals surface area (Å²) in [5.74, 6) is -7.05. The second-order valence-corrected chi connectivity index (χ2v) is 8.62. The van der Waals surface area contributed by atoms with E-state index in [0.29, 0.717) is 5.69 Å². The number of aromatic nitrogens is 2. The number of amides is 1. The fourth-order valence-electron chi connectivity index (χ4n) is 4.30. The number of nitrogens with zero attached hydrogens (tertiary/aromatic N) is 2. The van der Waals surface area contributed by atoms with Gasteiger partial charge in [-0.3, -0.25) is 9.48 Å². The van der Waals surface area contributed by atoms with Gasteiger partial charge in [-0.15, -0.1) is 0 Å². The number of anilines is 1. The van der Waals surface area contributed by atoms with Gasteiger partial charge in [-0.25, -0.2) is 4.39 Å². The van der Waals surface area contributed by atoms with Crippen LogP contribution in [0.4, 0.5) is 27.8 Å². The quantitative estimate of drug-likeness (QED) is 0.498. The lowest BCUT2D eigenvalue weighted by atomic mass is 9.77. The number of halogens is 5. The Morgan fingerprint density at radius 1 is 1.37 bits per heavy atom. The van der Waals surface area contributed by atoms with E-state index in [9.17, 15) is 31.9 Å². The van der Waals surface area contributed by atoms with Crippen LogP contribution in [0.5, 0.6) is 5.75 Å². The first-order valence-electron chi connectivity index (χ1n) is 10.6. The Morgan fingerprint density at radius 2 is 2.03 bits per heavy atom. The van der Waals surface area contributed by atoms with Gasteiger partial charge in [-0.2, -0.15) is 22.7 Å². The third-order valence-corrected chi connectivity index (χ3v) is 6.45. The molecule has 1 aromatic heterocycles. The summed E-state index contributed by atoms with van der Waals surface area (Å²) in [7, 11) is 2.55. The van der Waals surface area contributed by atoms with E-state index >= 15 is 0 Å². The minimum absolute atomic E-state index is 0.00760.